The van der Waals surface area contributed by atoms with Gasteiger partial charge in [-0.05, 0) is 35.2 Å². The van der Waals surface area contributed by atoms with E-state index in [1.165, 1.54) is 30.7 Å². The molecule has 1 unspecified atom stereocenters. The standard InChI is InChI=1S/C19H22N4O4S/c1-28(26,27)17-7-6-14(11-16(17)23-25)15(10-13-4-2-3-5-13)19(24)22-18-12-20-8-9-21-18/h6-9,11-13,15H,2-5,10H2,1H3,(H,21,22,24). The van der Waals surface area contributed by atoms with Crippen LogP contribution in [-0.4, -0.2) is 30.5 Å². The third-order valence-corrected chi connectivity index (χ3v) is 6.20. The second kappa shape index (κ2) is 8.55. The number of rotatable bonds is 7. The molecule has 1 atom stereocenters. The molecule has 0 saturated heterocycles. The number of anilines is 1. The number of carbonyl (C=O) groups excluding carboxylic acids is 1. The Hall–Kier alpha value is -2.68. The van der Waals surface area contributed by atoms with E-state index in [-0.39, 0.29) is 16.5 Å². The number of benzene rings is 1. The highest BCUT2D eigenvalue weighted by Crippen LogP contribution is 2.37. The Kier molecular flexibility index (Phi) is 6.13. The number of nitrogens with one attached hydrogen (secondary N) is 1. The SMILES string of the molecule is CS(=O)(=O)c1ccc(C(CC2CCCC2)C(=O)Nc2cnccn2)cc1N=O. The summed E-state index contributed by atoms with van der Waals surface area (Å²) in [6, 6.07) is 4.33. The summed E-state index contributed by atoms with van der Waals surface area (Å²) < 4.78 is 23.7. The summed E-state index contributed by atoms with van der Waals surface area (Å²) in [7, 11) is -3.59. The largest absolute Gasteiger partial charge is 0.309 e. The molecule has 9 heteroatoms. The molecule has 1 aromatic heterocycles. The normalized spacial score (nSPS) is 15.9. The van der Waals surface area contributed by atoms with Gasteiger partial charge in [0.25, 0.3) is 0 Å². The number of hydrogen-bond acceptors (Lipinski definition) is 7. The van der Waals surface area contributed by atoms with Crippen LogP contribution in [0.3, 0.4) is 0 Å². The number of sulfone groups is 1. The highest BCUT2D eigenvalue weighted by Gasteiger charge is 2.28. The minimum atomic E-state index is -3.59. The minimum absolute atomic E-state index is 0.139. The van der Waals surface area contributed by atoms with Crippen LogP contribution in [0.15, 0.2) is 46.9 Å². The van der Waals surface area contributed by atoms with E-state index in [2.05, 4.69) is 20.5 Å². The minimum Gasteiger partial charge on any atom is -0.309 e. The smallest absolute Gasteiger partial charge is 0.233 e. The number of amides is 1. The van der Waals surface area contributed by atoms with Crippen LogP contribution in [0.1, 0.15) is 43.6 Å². The second-order valence-corrected chi connectivity index (χ2v) is 9.09. The maximum atomic E-state index is 13.0. The van der Waals surface area contributed by atoms with Crippen LogP contribution >= 0.6 is 0 Å². The quantitative estimate of drug-likeness (QED) is 0.707. The summed E-state index contributed by atoms with van der Waals surface area (Å²) in [5, 5.41) is 5.63. The highest BCUT2D eigenvalue weighted by molar-refractivity contribution is 7.90. The Balaban J connectivity index is 1.93. The Morgan fingerprint density at radius 3 is 2.64 bits per heavy atom. The summed E-state index contributed by atoms with van der Waals surface area (Å²) in [5.74, 6) is -0.0687. The van der Waals surface area contributed by atoms with Crippen molar-refractivity contribution in [3.8, 4) is 0 Å². The van der Waals surface area contributed by atoms with Crippen LogP contribution in [-0.2, 0) is 14.6 Å². The van der Waals surface area contributed by atoms with Gasteiger partial charge in [0.15, 0.2) is 15.7 Å². The van der Waals surface area contributed by atoms with Gasteiger partial charge in [0.2, 0.25) is 5.91 Å². The Bertz CT molecular complexity index is 957. The topological polar surface area (TPSA) is 118 Å². The van der Waals surface area contributed by atoms with E-state index in [4.69, 9.17) is 0 Å². The van der Waals surface area contributed by atoms with Crippen molar-refractivity contribution in [2.75, 3.05) is 11.6 Å². The van der Waals surface area contributed by atoms with Crippen molar-refractivity contribution in [1.29, 1.82) is 0 Å². The van der Waals surface area contributed by atoms with Gasteiger partial charge in [-0.1, -0.05) is 31.7 Å². The number of hydrogen-bond donors (Lipinski definition) is 1. The van der Waals surface area contributed by atoms with E-state index in [0.717, 1.165) is 31.9 Å². The highest BCUT2D eigenvalue weighted by atomic mass is 32.2. The fourth-order valence-corrected chi connectivity index (χ4v) is 4.48. The first-order valence-electron chi connectivity index (χ1n) is 9.12. The summed E-state index contributed by atoms with van der Waals surface area (Å²) in [4.78, 5) is 32.1. The molecular weight excluding hydrogens is 380 g/mol. The van der Waals surface area contributed by atoms with Crippen molar-refractivity contribution >= 4 is 27.2 Å². The van der Waals surface area contributed by atoms with Crippen LogP contribution in [0.4, 0.5) is 11.5 Å². The predicted molar refractivity (Wildman–Crippen MR) is 105 cm³/mol. The van der Waals surface area contributed by atoms with E-state index in [0.29, 0.717) is 23.7 Å². The molecule has 8 nitrogen and oxygen atoms in total. The fraction of sp³-hybridized carbons (Fsp3) is 0.421. The maximum Gasteiger partial charge on any atom is 0.233 e. The van der Waals surface area contributed by atoms with Gasteiger partial charge in [0.05, 0.1) is 17.0 Å². The van der Waals surface area contributed by atoms with Crippen LogP contribution in [0.25, 0.3) is 0 Å². The third-order valence-electron chi connectivity index (χ3n) is 5.06. The lowest BCUT2D eigenvalue weighted by Gasteiger charge is -2.21. The Labute approximate surface area is 163 Å². The van der Waals surface area contributed by atoms with Crippen LogP contribution in [0.2, 0.25) is 0 Å². The van der Waals surface area contributed by atoms with Gasteiger partial charge < -0.3 is 5.32 Å². The summed E-state index contributed by atoms with van der Waals surface area (Å²) in [5.41, 5.74) is 0.388. The lowest BCUT2D eigenvalue weighted by Crippen LogP contribution is -2.23. The first-order valence-corrected chi connectivity index (χ1v) is 11.0. The molecule has 1 amide bonds. The van der Waals surface area contributed by atoms with Crippen LogP contribution in [0, 0.1) is 10.8 Å². The number of nitroso groups, excluding NO2 is 1. The van der Waals surface area contributed by atoms with E-state index >= 15 is 0 Å². The average molecular weight is 402 g/mol. The zero-order valence-electron chi connectivity index (χ0n) is 15.5. The molecular formula is C19H22N4O4S. The molecule has 1 aliphatic carbocycles. The first-order chi connectivity index (χ1) is 13.4. The third kappa shape index (κ3) is 4.78. The van der Waals surface area contributed by atoms with Gasteiger partial charge in [-0.25, -0.2) is 13.4 Å². The van der Waals surface area contributed by atoms with Gasteiger partial charge >= 0.3 is 0 Å². The molecule has 148 valence electrons. The Morgan fingerprint density at radius 2 is 2.04 bits per heavy atom. The monoisotopic (exact) mass is 402 g/mol. The van der Waals surface area contributed by atoms with Gasteiger partial charge in [-0.2, -0.15) is 0 Å². The summed E-state index contributed by atoms with van der Waals surface area (Å²) in [6.07, 6.45) is 10.5. The number of aromatic nitrogens is 2. The first kappa shape index (κ1) is 20.1. The lowest BCUT2D eigenvalue weighted by atomic mass is 9.87. The van der Waals surface area contributed by atoms with Crippen molar-refractivity contribution < 1.29 is 13.2 Å². The average Bonchev–Trinajstić information content (AvgIpc) is 3.19. The molecule has 1 saturated carbocycles. The molecule has 3 rings (SSSR count). The van der Waals surface area contributed by atoms with Crippen LogP contribution < -0.4 is 5.32 Å². The summed E-state index contributed by atoms with van der Waals surface area (Å²) in [6.45, 7) is 0. The predicted octanol–water partition coefficient (Wildman–Crippen LogP) is 3.58. The zero-order chi connectivity index (χ0) is 20.1. The number of nitrogens with zero attached hydrogens (tertiary/aromatic N) is 3. The molecule has 0 aliphatic heterocycles. The van der Waals surface area contributed by atoms with E-state index < -0.39 is 15.8 Å². The second-order valence-electron chi connectivity index (χ2n) is 7.11. The number of carbonyl (C=O) groups is 1. The van der Waals surface area contributed by atoms with Gasteiger partial charge in [-0.15, -0.1) is 4.91 Å². The molecule has 1 fully saturated rings. The fourth-order valence-electron chi connectivity index (χ4n) is 3.69. The molecule has 1 heterocycles. The molecule has 0 spiro atoms. The lowest BCUT2D eigenvalue weighted by molar-refractivity contribution is -0.118. The van der Waals surface area contributed by atoms with E-state index in [9.17, 15) is 18.1 Å². The Morgan fingerprint density at radius 1 is 1.29 bits per heavy atom. The van der Waals surface area contributed by atoms with Crippen molar-refractivity contribution in [3.05, 3.63) is 47.3 Å². The van der Waals surface area contributed by atoms with Gasteiger partial charge in [0.1, 0.15) is 5.69 Å². The zero-order valence-corrected chi connectivity index (χ0v) is 16.4. The molecule has 1 aromatic carbocycles. The van der Waals surface area contributed by atoms with E-state index in [1.54, 1.807) is 6.07 Å². The maximum absolute atomic E-state index is 13.0. The van der Waals surface area contributed by atoms with Crippen molar-refractivity contribution in [3.63, 3.8) is 0 Å². The van der Waals surface area contributed by atoms with Crippen LogP contribution in [0.5, 0.6) is 0 Å². The van der Waals surface area contributed by atoms with Crippen molar-refractivity contribution in [2.45, 2.75) is 42.9 Å². The molecule has 1 N–H and O–H groups in total. The van der Waals surface area contributed by atoms with E-state index in [1.807, 2.05) is 0 Å². The molecule has 0 bridgehead atoms. The molecule has 28 heavy (non-hydrogen) atoms. The molecule has 1 aliphatic rings. The van der Waals surface area contributed by atoms with Gasteiger partial charge in [0, 0.05) is 18.6 Å². The molecule has 2 aromatic rings. The van der Waals surface area contributed by atoms with Gasteiger partial charge in [-0.3, -0.25) is 9.78 Å². The molecule has 0 radical (unpaired) electrons. The van der Waals surface area contributed by atoms with Crippen molar-refractivity contribution in [1.82, 2.24) is 9.97 Å². The summed E-state index contributed by atoms with van der Waals surface area (Å²) >= 11 is 0. The van der Waals surface area contributed by atoms with Crippen molar-refractivity contribution in [2.24, 2.45) is 11.1 Å².